The third kappa shape index (κ3) is 4.30. The topological polar surface area (TPSA) is 66.6 Å². The van der Waals surface area contributed by atoms with Crippen LogP contribution in [0.3, 0.4) is 0 Å². The number of amides is 1. The summed E-state index contributed by atoms with van der Waals surface area (Å²) in [5.74, 6) is -0.750. The number of hydrogen-bond acceptors (Lipinski definition) is 4. The quantitative estimate of drug-likeness (QED) is 0.700. The minimum Gasteiger partial charge on any atom is -0.467 e. The monoisotopic (exact) mass is 340 g/mol. The zero-order valence-corrected chi connectivity index (χ0v) is 13.4. The first kappa shape index (κ1) is 16.9. The molecule has 3 aromatic rings. The highest BCUT2D eigenvalue weighted by Gasteiger charge is 2.22. The number of furan rings is 1. The molecule has 0 fully saturated rings. The molecule has 25 heavy (non-hydrogen) atoms. The molecule has 0 aliphatic rings. The van der Waals surface area contributed by atoms with Crippen LogP contribution >= 0.6 is 0 Å². The lowest BCUT2D eigenvalue weighted by atomic mass is 10.1. The van der Waals surface area contributed by atoms with Crippen molar-refractivity contribution in [2.75, 3.05) is 6.54 Å². The lowest BCUT2D eigenvalue weighted by Gasteiger charge is -2.25. The molecule has 1 amide bonds. The van der Waals surface area contributed by atoms with E-state index in [1.165, 1.54) is 23.4 Å². The number of carbonyl (C=O) groups is 1. The van der Waals surface area contributed by atoms with E-state index in [0.717, 1.165) is 11.6 Å². The standard InChI is InChI=1S/C19H17FN2O3/c20-18-11-15(8-9-21-18)19(24)22(12-14-5-2-1-3-6-14)13-16(23)17-7-4-10-25-17/h1-11,16,23H,12-13H2. The smallest absolute Gasteiger partial charge is 0.254 e. The first-order valence-corrected chi connectivity index (χ1v) is 7.79. The van der Waals surface area contributed by atoms with Crippen molar-refractivity contribution < 1.29 is 18.7 Å². The van der Waals surface area contributed by atoms with Gasteiger partial charge in [0.05, 0.1) is 12.8 Å². The molecule has 0 aliphatic heterocycles. The molecule has 6 heteroatoms. The van der Waals surface area contributed by atoms with Crippen LogP contribution in [0.2, 0.25) is 0 Å². The summed E-state index contributed by atoms with van der Waals surface area (Å²) in [7, 11) is 0. The van der Waals surface area contributed by atoms with E-state index < -0.39 is 18.0 Å². The molecule has 1 unspecified atom stereocenters. The molecule has 128 valence electrons. The first-order valence-electron chi connectivity index (χ1n) is 7.79. The van der Waals surface area contributed by atoms with Crippen LogP contribution in [0.25, 0.3) is 0 Å². The molecular weight excluding hydrogens is 323 g/mol. The Labute approximate surface area is 144 Å². The average Bonchev–Trinajstić information content (AvgIpc) is 3.16. The summed E-state index contributed by atoms with van der Waals surface area (Å²) in [5.41, 5.74) is 1.08. The summed E-state index contributed by atoms with van der Waals surface area (Å²) in [4.78, 5) is 17.7. The molecule has 0 spiro atoms. The fourth-order valence-electron chi connectivity index (χ4n) is 2.52. The fourth-order valence-corrected chi connectivity index (χ4v) is 2.52. The number of carbonyl (C=O) groups excluding carboxylic acids is 1. The Morgan fingerprint density at radius 3 is 2.68 bits per heavy atom. The second-order valence-corrected chi connectivity index (χ2v) is 5.57. The summed E-state index contributed by atoms with van der Waals surface area (Å²) < 4.78 is 18.6. The molecule has 0 radical (unpaired) electrons. The summed E-state index contributed by atoms with van der Waals surface area (Å²) in [6.45, 7) is 0.298. The van der Waals surface area contributed by atoms with Crippen LogP contribution < -0.4 is 0 Å². The molecule has 0 saturated carbocycles. The summed E-state index contributed by atoms with van der Waals surface area (Å²) in [6, 6.07) is 15.2. The normalized spacial score (nSPS) is 11.9. The van der Waals surface area contributed by atoms with E-state index >= 15 is 0 Å². The zero-order valence-electron chi connectivity index (χ0n) is 13.4. The number of rotatable bonds is 6. The molecule has 1 aromatic carbocycles. The van der Waals surface area contributed by atoms with Gasteiger partial charge >= 0.3 is 0 Å². The molecule has 2 aromatic heterocycles. The Bertz CT molecular complexity index is 822. The Kier molecular flexibility index (Phi) is 5.20. The third-order valence-electron chi connectivity index (χ3n) is 3.74. The van der Waals surface area contributed by atoms with E-state index in [1.54, 1.807) is 12.1 Å². The van der Waals surface area contributed by atoms with Crippen molar-refractivity contribution >= 4 is 5.91 Å². The minimum atomic E-state index is -0.977. The second-order valence-electron chi connectivity index (χ2n) is 5.57. The van der Waals surface area contributed by atoms with Crippen LogP contribution in [0, 0.1) is 5.95 Å². The highest BCUT2D eigenvalue weighted by molar-refractivity contribution is 5.94. The van der Waals surface area contributed by atoms with E-state index in [9.17, 15) is 14.3 Å². The van der Waals surface area contributed by atoms with E-state index in [2.05, 4.69) is 4.98 Å². The van der Waals surface area contributed by atoms with E-state index in [-0.39, 0.29) is 18.7 Å². The molecule has 2 heterocycles. The van der Waals surface area contributed by atoms with Gasteiger partial charge in [0.1, 0.15) is 11.9 Å². The Balaban J connectivity index is 1.84. The number of pyridine rings is 1. The van der Waals surface area contributed by atoms with Gasteiger partial charge < -0.3 is 14.4 Å². The van der Waals surface area contributed by atoms with Crippen LogP contribution in [-0.2, 0) is 6.54 Å². The molecule has 0 saturated heterocycles. The van der Waals surface area contributed by atoms with Crippen LogP contribution in [-0.4, -0.2) is 27.4 Å². The van der Waals surface area contributed by atoms with Gasteiger partial charge in [-0.05, 0) is 23.8 Å². The zero-order chi connectivity index (χ0) is 17.6. The highest BCUT2D eigenvalue weighted by Crippen LogP contribution is 2.18. The SMILES string of the molecule is O=C(c1ccnc(F)c1)N(Cc1ccccc1)CC(O)c1ccco1. The average molecular weight is 340 g/mol. The summed E-state index contributed by atoms with van der Waals surface area (Å²) in [6.07, 6.45) is 1.72. The maximum absolute atomic E-state index is 13.4. The van der Waals surface area contributed by atoms with Gasteiger partial charge in [-0.2, -0.15) is 4.39 Å². The first-order chi connectivity index (χ1) is 12.1. The molecule has 1 atom stereocenters. The van der Waals surface area contributed by atoms with Gasteiger partial charge in [-0.3, -0.25) is 4.79 Å². The van der Waals surface area contributed by atoms with Crippen molar-refractivity contribution in [1.82, 2.24) is 9.88 Å². The minimum absolute atomic E-state index is 0.0190. The van der Waals surface area contributed by atoms with Crippen molar-refractivity contribution in [2.45, 2.75) is 12.6 Å². The van der Waals surface area contributed by atoms with Gasteiger partial charge in [0.2, 0.25) is 5.95 Å². The predicted octanol–water partition coefficient (Wildman–Crippen LogP) is 3.19. The van der Waals surface area contributed by atoms with Crippen molar-refractivity contribution in [3.05, 3.63) is 89.9 Å². The van der Waals surface area contributed by atoms with E-state index in [4.69, 9.17) is 4.42 Å². The summed E-state index contributed by atoms with van der Waals surface area (Å²) >= 11 is 0. The van der Waals surface area contributed by atoms with Crippen LogP contribution in [0.15, 0.2) is 71.5 Å². The number of nitrogens with zero attached hydrogens (tertiary/aromatic N) is 2. The van der Waals surface area contributed by atoms with Gasteiger partial charge in [0.15, 0.2) is 0 Å². The van der Waals surface area contributed by atoms with Crippen LogP contribution in [0.5, 0.6) is 0 Å². The fraction of sp³-hybridized carbons (Fsp3) is 0.158. The molecule has 3 rings (SSSR count). The van der Waals surface area contributed by atoms with Crippen molar-refractivity contribution in [2.24, 2.45) is 0 Å². The van der Waals surface area contributed by atoms with Crippen LogP contribution in [0.1, 0.15) is 27.8 Å². The van der Waals surface area contributed by atoms with E-state index in [0.29, 0.717) is 5.76 Å². The predicted molar refractivity (Wildman–Crippen MR) is 89.0 cm³/mol. The van der Waals surface area contributed by atoms with Gasteiger partial charge in [0.25, 0.3) is 5.91 Å². The van der Waals surface area contributed by atoms with Crippen molar-refractivity contribution in [3.63, 3.8) is 0 Å². The number of aromatic nitrogens is 1. The highest BCUT2D eigenvalue weighted by atomic mass is 19.1. The maximum atomic E-state index is 13.4. The molecule has 5 nitrogen and oxygen atoms in total. The van der Waals surface area contributed by atoms with Crippen LogP contribution in [0.4, 0.5) is 4.39 Å². The van der Waals surface area contributed by atoms with E-state index in [1.807, 2.05) is 30.3 Å². The second kappa shape index (κ2) is 7.72. The van der Waals surface area contributed by atoms with Gasteiger partial charge in [-0.15, -0.1) is 0 Å². The van der Waals surface area contributed by atoms with Crippen molar-refractivity contribution in [3.8, 4) is 0 Å². The molecule has 0 aliphatic carbocycles. The lowest BCUT2D eigenvalue weighted by Crippen LogP contribution is -2.34. The van der Waals surface area contributed by atoms with Crippen molar-refractivity contribution in [1.29, 1.82) is 0 Å². The van der Waals surface area contributed by atoms with Gasteiger partial charge in [-0.1, -0.05) is 30.3 Å². The van der Waals surface area contributed by atoms with Gasteiger partial charge in [0, 0.05) is 24.4 Å². The number of benzene rings is 1. The molecule has 1 N–H and O–H groups in total. The Morgan fingerprint density at radius 2 is 2.00 bits per heavy atom. The molecular formula is C19H17FN2O3. The molecule has 0 bridgehead atoms. The number of aliphatic hydroxyl groups is 1. The largest absolute Gasteiger partial charge is 0.467 e. The van der Waals surface area contributed by atoms with Gasteiger partial charge in [-0.25, -0.2) is 4.98 Å². The maximum Gasteiger partial charge on any atom is 0.254 e. The lowest BCUT2D eigenvalue weighted by molar-refractivity contribution is 0.0562. The number of halogens is 1. The summed E-state index contributed by atoms with van der Waals surface area (Å²) in [5, 5.41) is 10.3. The Morgan fingerprint density at radius 1 is 1.20 bits per heavy atom. The number of hydrogen-bond donors (Lipinski definition) is 1. The third-order valence-corrected chi connectivity index (χ3v) is 3.74. The number of aliphatic hydroxyl groups excluding tert-OH is 1. The Hall–Kier alpha value is -2.99.